The number of hydrogen-bond donors (Lipinski definition) is 0. The van der Waals surface area contributed by atoms with Crippen molar-refractivity contribution in [2.24, 2.45) is 0 Å². The molecule has 1 heterocycles. The zero-order chi connectivity index (χ0) is 11.4. The molecule has 0 unspecified atom stereocenters. The highest BCUT2D eigenvalue weighted by Gasteiger charge is 1.98. The fraction of sp³-hybridized carbons (Fsp3) is 0.154. The normalized spacial score (nSPS) is 9.81. The maximum Gasteiger partial charge on any atom is 0.186 e. The number of hydrogen-bond acceptors (Lipinski definition) is 3. The van der Waals surface area contributed by atoms with Crippen molar-refractivity contribution >= 4 is 38.3 Å². The van der Waals surface area contributed by atoms with Crippen molar-refractivity contribution in [2.45, 2.75) is 6.92 Å². The van der Waals surface area contributed by atoms with Crippen molar-refractivity contribution < 1.29 is 4.79 Å². The average Bonchev–Trinajstić information content (AvgIpc) is 2.72. The van der Waals surface area contributed by atoms with Crippen LogP contribution in [0, 0.1) is 11.8 Å². The number of carbonyl (C=O) groups excluding carboxylic acids is 1. The van der Waals surface area contributed by atoms with Gasteiger partial charge in [-0.25, -0.2) is 0 Å². The van der Waals surface area contributed by atoms with Crippen LogP contribution in [0.5, 0.6) is 0 Å². The van der Waals surface area contributed by atoms with Gasteiger partial charge in [-0.15, -0.1) is 11.3 Å². The lowest BCUT2D eigenvalue weighted by molar-refractivity contribution is -0.109. The number of fused-ring (bicyclic) bond motifs is 1. The fourth-order valence-electron chi connectivity index (χ4n) is 1.36. The van der Waals surface area contributed by atoms with Crippen LogP contribution in [0.2, 0.25) is 0 Å². The van der Waals surface area contributed by atoms with Crippen LogP contribution in [0.4, 0.5) is 0 Å². The molecule has 0 saturated carbocycles. The van der Waals surface area contributed by atoms with E-state index in [0.717, 1.165) is 5.56 Å². The van der Waals surface area contributed by atoms with Crippen LogP contribution in [0.25, 0.3) is 10.1 Å². The Morgan fingerprint density at radius 3 is 3.12 bits per heavy atom. The molecule has 1 aromatic heterocycles. The van der Waals surface area contributed by atoms with E-state index in [1.807, 2.05) is 12.1 Å². The third kappa shape index (κ3) is 2.66. The minimum atomic E-state index is 0.114. The molecule has 0 aliphatic heterocycles. The molecule has 3 heteroatoms. The van der Waals surface area contributed by atoms with Crippen molar-refractivity contribution in [1.82, 2.24) is 0 Å². The van der Waals surface area contributed by atoms with E-state index in [2.05, 4.69) is 29.4 Å². The first-order valence-corrected chi connectivity index (χ1v) is 6.72. The SMILES string of the molecule is CC(=O)SCC#Cc1cccc2ccsc12. The lowest BCUT2D eigenvalue weighted by Crippen LogP contribution is -1.82. The molecule has 0 fully saturated rings. The average molecular weight is 246 g/mol. The van der Waals surface area contributed by atoms with E-state index >= 15 is 0 Å². The van der Waals surface area contributed by atoms with E-state index in [9.17, 15) is 4.79 Å². The summed E-state index contributed by atoms with van der Waals surface area (Å²) in [6.07, 6.45) is 0. The van der Waals surface area contributed by atoms with Gasteiger partial charge in [0.1, 0.15) is 0 Å². The minimum Gasteiger partial charge on any atom is -0.288 e. The van der Waals surface area contributed by atoms with Gasteiger partial charge in [-0.2, -0.15) is 0 Å². The number of rotatable bonds is 1. The molecule has 0 saturated heterocycles. The van der Waals surface area contributed by atoms with E-state index in [1.54, 1.807) is 18.3 Å². The molecule has 0 aliphatic rings. The van der Waals surface area contributed by atoms with E-state index in [0.29, 0.717) is 5.75 Å². The van der Waals surface area contributed by atoms with E-state index in [1.165, 1.54) is 21.8 Å². The first kappa shape index (κ1) is 11.3. The Balaban J connectivity index is 2.20. The van der Waals surface area contributed by atoms with Crippen molar-refractivity contribution in [3.05, 3.63) is 35.2 Å². The van der Waals surface area contributed by atoms with Gasteiger partial charge < -0.3 is 0 Å². The summed E-state index contributed by atoms with van der Waals surface area (Å²) in [5.41, 5.74) is 1.05. The Labute approximate surface area is 103 Å². The summed E-state index contributed by atoms with van der Waals surface area (Å²) < 4.78 is 1.22. The second-order valence-corrected chi connectivity index (χ2v) is 5.29. The first-order valence-electron chi connectivity index (χ1n) is 4.86. The van der Waals surface area contributed by atoms with E-state index in [-0.39, 0.29) is 5.12 Å². The Morgan fingerprint density at radius 2 is 2.31 bits per heavy atom. The number of carbonyl (C=O) groups is 1. The number of thiophene rings is 1. The summed E-state index contributed by atoms with van der Waals surface area (Å²) in [5, 5.41) is 3.42. The van der Waals surface area contributed by atoms with Gasteiger partial charge in [0.2, 0.25) is 0 Å². The highest BCUT2D eigenvalue weighted by atomic mass is 32.2. The Hall–Kier alpha value is -1.24. The molecular formula is C13H10OS2. The third-order valence-electron chi connectivity index (χ3n) is 2.05. The summed E-state index contributed by atoms with van der Waals surface area (Å²) in [4.78, 5) is 10.7. The highest BCUT2D eigenvalue weighted by molar-refractivity contribution is 8.13. The molecular weight excluding hydrogens is 236 g/mol. The van der Waals surface area contributed by atoms with Crippen molar-refractivity contribution in [3.63, 3.8) is 0 Å². The van der Waals surface area contributed by atoms with Crippen LogP contribution in [0.3, 0.4) is 0 Å². The van der Waals surface area contributed by atoms with Gasteiger partial charge in [0.15, 0.2) is 5.12 Å². The van der Waals surface area contributed by atoms with Gasteiger partial charge in [0.05, 0.1) is 5.75 Å². The van der Waals surface area contributed by atoms with Crippen LogP contribution in [-0.2, 0) is 4.79 Å². The van der Waals surface area contributed by atoms with Gasteiger partial charge in [0, 0.05) is 17.2 Å². The molecule has 0 spiro atoms. The Bertz CT molecular complexity index is 572. The lowest BCUT2D eigenvalue weighted by Gasteiger charge is -1.92. The minimum absolute atomic E-state index is 0.114. The van der Waals surface area contributed by atoms with Gasteiger partial charge >= 0.3 is 0 Å². The van der Waals surface area contributed by atoms with Gasteiger partial charge in [-0.05, 0) is 22.9 Å². The lowest BCUT2D eigenvalue weighted by atomic mass is 10.2. The quantitative estimate of drug-likeness (QED) is 0.716. The van der Waals surface area contributed by atoms with Crippen LogP contribution in [-0.4, -0.2) is 10.9 Å². The molecule has 80 valence electrons. The molecule has 1 aromatic carbocycles. The van der Waals surface area contributed by atoms with Crippen LogP contribution in [0.15, 0.2) is 29.6 Å². The molecule has 16 heavy (non-hydrogen) atoms. The topological polar surface area (TPSA) is 17.1 Å². The highest BCUT2D eigenvalue weighted by Crippen LogP contribution is 2.23. The molecule has 0 atom stereocenters. The summed E-state index contributed by atoms with van der Waals surface area (Å²) >= 11 is 2.95. The van der Waals surface area contributed by atoms with Crippen LogP contribution in [0.1, 0.15) is 12.5 Å². The summed E-state index contributed by atoms with van der Waals surface area (Å²) in [6.45, 7) is 1.56. The fourth-order valence-corrected chi connectivity index (χ4v) is 2.58. The maximum absolute atomic E-state index is 10.7. The second-order valence-electron chi connectivity index (χ2n) is 3.23. The molecule has 0 aliphatic carbocycles. The zero-order valence-electron chi connectivity index (χ0n) is 8.82. The molecule has 0 N–H and O–H groups in total. The zero-order valence-corrected chi connectivity index (χ0v) is 10.5. The van der Waals surface area contributed by atoms with Crippen LogP contribution < -0.4 is 0 Å². The molecule has 0 radical (unpaired) electrons. The summed E-state index contributed by atoms with van der Waals surface area (Å²) in [6, 6.07) is 8.21. The molecule has 2 aromatic rings. The summed E-state index contributed by atoms with van der Waals surface area (Å²) in [7, 11) is 0. The van der Waals surface area contributed by atoms with Gasteiger partial charge in [-0.3, -0.25) is 4.79 Å². The van der Waals surface area contributed by atoms with E-state index < -0.39 is 0 Å². The second kappa shape index (κ2) is 5.20. The Morgan fingerprint density at radius 1 is 1.44 bits per heavy atom. The molecule has 2 rings (SSSR count). The van der Waals surface area contributed by atoms with E-state index in [4.69, 9.17) is 0 Å². The monoisotopic (exact) mass is 246 g/mol. The molecule has 1 nitrogen and oxygen atoms in total. The largest absolute Gasteiger partial charge is 0.288 e. The molecule has 0 amide bonds. The molecule has 0 bridgehead atoms. The smallest absolute Gasteiger partial charge is 0.186 e. The van der Waals surface area contributed by atoms with Crippen LogP contribution >= 0.6 is 23.1 Å². The standard InChI is InChI=1S/C13H10OS2/c1-10(14)15-8-3-6-11-4-2-5-12-7-9-16-13(11)12/h2,4-5,7,9H,8H2,1H3. The maximum atomic E-state index is 10.7. The van der Waals surface area contributed by atoms with Crippen molar-refractivity contribution in [1.29, 1.82) is 0 Å². The third-order valence-corrected chi connectivity index (χ3v) is 3.71. The first-order chi connectivity index (χ1) is 7.77. The van der Waals surface area contributed by atoms with Crippen molar-refractivity contribution in [3.8, 4) is 11.8 Å². The predicted molar refractivity (Wildman–Crippen MR) is 71.8 cm³/mol. The van der Waals surface area contributed by atoms with Crippen molar-refractivity contribution in [2.75, 3.05) is 5.75 Å². The van der Waals surface area contributed by atoms with Gasteiger partial charge in [-0.1, -0.05) is 35.7 Å². The number of benzene rings is 1. The Kier molecular flexibility index (Phi) is 3.66. The number of thioether (sulfide) groups is 1. The van der Waals surface area contributed by atoms with Gasteiger partial charge in [0.25, 0.3) is 0 Å². The predicted octanol–water partition coefficient (Wildman–Crippen LogP) is 3.53. The summed E-state index contributed by atoms with van der Waals surface area (Å²) in [5.74, 6) is 6.70.